The molecular formula is C10H16N2O2. The van der Waals surface area contributed by atoms with Gasteiger partial charge in [-0.1, -0.05) is 6.58 Å². The van der Waals surface area contributed by atoms with Crippen LogP contribution in [-0.2, 0) is 9.59 Å². The molecule has 1 aliphatic heterocycles. The smallest absolute Gasteiger partial charge is 0.247 e. The molecule has 0 unspecified atom stereocenters. The van der Waals surface area contributed by atoms with E-state index in [4.69, 9.17) is 0 Å². The number of likely N-dealkylation sites (N-methyl/N-ethyl adjacent to an activating group) is 1. The third kappa shape index (κ3) is 1.52. The average molecular weight is 196 g/mol. The third-order valence-electron chi connectivity index (χ3n) is 2.64. The lowest BCUT2D eigenvalue weighted by atomic mass is 9.98. The molecule has 0 aliphatic carbocycles. The molecule has 0 radical (unpaired) electrons. The summed E-state index contributed by atoms with van der Waals surface area (Å²) in [6, 6.07) is 0. The van der Waals surface area contributed by atoms with Crippen molar-refractivity contribution in [3.63, 3.8) is 0 Å². The molecule has 2 amide bonds. The highest BCUT2D eigenvalue weighted by atomic mass is 16.2. The first kappa shape index (κ1) is 10.8. The van der Waals surface area contributed by atoms with Gasteiger partial charge in [0.1, 0.15) is 5.54 Å². The maximum Gasteiger partial charge on any atom is 0.247 e. The van der Waals surface area contributed by atoms with Crippen molar-refractivity contribution in [2.45, 2.75) is 19.4 Å². The first-order chi connectivity index (χ1) is 6.41. The van der Waals surface area contributed by atoms with E-state index in [-0.39, 0.29) is 11.8 Å². The van der Waals surface area contributed by atoms with Crippen LogP contribution >= 0.6 is 0 Å². The zero-order chi connectivity index (χ0) is 10.9. The fourth-order valence-electron chi connectivity index (χ4n) is 1.71. The van der Waals surface area contributed by atoms with Crippen LogP contribution < -0.4 is 0 Å². The molecule has 4 heteroatoms. The van der Waals surface area contributed by atoms with E-state index in [2.05, 4.69) is 6.58 Å². The molecular weight excluding hydrogens is 180 g/mol. The highest BCUT2D eigenvalue weighted by Gasteiger charge is 2.41. The fourth-order valence-corrected chi connectivity index (χ4v) is 1.71. The van der Waals surface area contributed by atoms with E-state index >= 15 is 0 Å². The Hall–Kier alpha value is -1.32. The number of nitrogens with zero attached hydrogens (tertiary/aromatic N) is 2. The largest absolute Gasteiger partial charge is 0.342 e. The summed E-state index contributed by atoms with van der Waals surface area (Å²) in [5, 5.41) is 0. The Kier molecular flexibility index (Phi) is 2.64. The molecule has 78 valence electrons. The topological polar surface area (TPSA) is 40.6 Å². The molecule has 0 saturated carbocycles. The number of piperazine rings is 1. The first-order valence-electron chi connectivity index (χ1n) is 4.61. The van der Waals surface area contributed by atoms with Gasteiger partial charge in [-0.15, -0.1) is 0 Å². The van der Waals surface area contributed by atoms with Gasteiger partial charge in [0.05, 0.1) is 0 Å². The molecule has 1 aliphatic rings. The van der Waals surface area contributed by atoms with Crippen LogP contribution in [0.25, 0.3) is 0 Å². The molecule has 1 saturated heterocycles. The van der Waals surface area contributed by atoms with Crippen LogP contribution in [0.3, 0.4) is 0 Å². The zero-order valence-electron chi connectivity index (χ0n) is 8.91. The van der Waals surface area contributed by atoms with Crippen molar-refractivity contribution >= 4 is 11.8 Å². The first-order valence-corrected chi connectivity index (χ1v) is 4.61. The minimum Gasteiger partial charge on any atom is -0.342 e. The van der Waals surface area contributed by atoms with Crippen LogP contribution in [0.15, 0.2) is 12.7 Å². The number of carbonyl (C=O) groups is 2. The number of hydrogen-bond donors (Lipinski definition) is 0. The van der Waals surface area contributed by atoms with Crippen LogP contribution in [0.4, 0.5) is 0 Å². The van der Waals surface area contributed by atoms with E-state index in [9.17, 15) is 9.59 Å². The summed E-state index contributed by atoms with van der Waals surface area (Å²) in [5.41, 5.74) is -0.752. The van der Waals surface area contributed by atoms with Crippen molar-refractivity contribution in [2.24, 2.45) is 0 Å². The molecule has 1 heterocycles. The van der Waals surface area contributed by atoms with E-state index in [1.807, 2.05) is 0 Å². The predicted octanol–water partition coefficient (Wildman–Crippen LogP) is 0.252. The predicted molar refractivity (Wildman–Crippen MR) is 53.6 cm³/mol. The summed E-state index contributed by atoms with van der Waals surface area (Å²) in [4.78, 5) is 26.5. The zero-order valence-corrected chi connectivity index (χ0v) is 8.91. The highest BCUT2D eigenvalue weighted by Crippen LogP contribution is 2.21. The van der Waals surface area contributed by atoms with Gasteiger partial charge in [-0.05, 0) is 19.9 Å². The maximum atomic E-state index is 11.8. The number of rotatable bonds is 1. The summed E-state index contributed by atoms with van der Waals surface area (Å²) in [6.07, 6.45) is 1.25. The molecule has 4 nitrogen and oxygen atoms in total. The standard InChI is InChI=1S/C10H16N2O2/c1-5-8(13)12-7-6-11(4)9(14)10(12,2)3/h5H,1,6-7H2,2-4H3. The summed E-state index contributed by atoms with van der Waals surface area (Å²) in [6.45, 7) is 8.10. The number of carbonyl (C=O) groups excluding carboxylic acids is 2. The van der Waals surface area contributed by atoms with Gasteiger partial charge in [0.15, 0.2) is 0 Å². The molecule has 14 heavy (non-hydrogen) atoms. The maximum absolute atomic E-state index is 11.8. The van der Waals surface area contributed by atoms with Gasteiger partial charge in [0, 0.05) is 20.1 Å². The van der Waals surface area contributed by atoms with E-state index in [0.29, 0.717) is 13.1 Å². The van der Waals surface area contributed by atoms with Crippen LogP contribution in [0, 0.1) is 0 Å². The van der Waals surface area contributed by atoms with Gasteiger partial charge in [-0.2, -0.15) is 0 Å². The minimum atomic E-state index is -0.752. The lowest BCUT2D eigenvalue weighted by Crippen LogP contribution is -2.63. The second-order valence-corrected chi connectivity index (χ2v) is 3.98. The van der Waals surface area contributed by atoms with Crippen LogP contribution in [0.1, 0.15) is 13.8 Å². The molecule has 0 aromatic heterocycles. The molecule has 0 aromatic carbocycles. The lowest BCUT2D eigenvalue weighted by Gasteiger charge is -2.44. The molecule has 0 aromatic rings. The minimum absolute atomic E-state index is 0.0287. The van der Waals surface area contributed by atoms with Gasteiger partial charge >= 0.3 is 0 Å². The lowest BCUT2D eigenvalue weighted by molar-refractivity contribution is -0.154. The van der Waals surface area contributed by atoms with Gasteiger partial charge in [0.2, 0.25) is 11.8 Å². The monoisotopic (exact) mass is 196 g/mol. The molecule has 1 fully saturated rings. The SMILES string of the molecule is C=CC(=O)N1CCN(C)C(=O)C1(C)C. The van der Waals surface area contributed by atoms with Crippen molar-refractivity contribution < 1.29 is 9.59 Å². The Morgan fingerprint density at radius 3 is 2.57 bits per heavy atom. The normalized spacial score (nSPS) is 20.9. The van der Waals surface area contributed by atoms with Crippen molar-refractivity contribution in [1.82, 2.24) is 9.80 Å². The van der Waals surface area contributed by atoms with E-state index in [1.165, 1.54) is 6.08 Å². The Morgan fingerprint density at radius 2 is 2.07 bits per heavy atom. The Bertz CT molecular complexity index is 284. The molecule has 1 rings (SSSR count). The van der Waals surface area contributed by atoms with E-state index in [0.717, 1.165) is 0 Å². The quantitative estimate of drug-likeness (QED) is 0.564. The van der Waals surface area contributed by atoms with Crippen molar-refractivity contribution in [3.8, 4) is 0 Å². The van der Waals surface area contributed by atoms with Gasteiger partial charge in [0.25, 0.3) is 0 Å². The summed E-state index contributed by atoms with van der Waals surface area (Å²) in [5.74, 6) is -0.213. The molecule has 0 spiro atoms. The van der Waals surface area contributed by atoms with Gasteiger partial charge < -0.3 is 9.80 Å². The van der Waals surface area contributed by atoms with E-state index in [1.54, 1.807) is 30.7 Å². The second kappa shape index (κ2) is 3.44. The summed E-state index contributed by atoms with van der Waals surface area (Å²) < 4.78 is 0. The van der Waals surface area contributed by atoms with Gasteiger partial charge in [-0.3, -0.25) is 9.59 Å². The fraction of sp³-hybridized carbons (Fsp3) is 0.600. The summed E-state index contributed by atoms with van der Waals surface area (Å²) in [7, 11) is 1.75. The summed E-state index contributed by atoms with van der Waals surface area (Å²) >= 11 is 0. The van der Waals surface area contributed by atoms with Crippen molar-refractivity contribution in [2.75, 3.05) is 20.1 Å². The second-order valence-electron chi connectivity index (χ2n) is 3.98. The van der Waals surface area contributed by atoms with Crippen LogP contribution in [-0.4, -0.2) is 47.3 Å². The van der Waals surface area contributed by atoms with Crippen LogP contribution in [0.2, 0.25) is 0 Å². The highest BCUT2D eigenvalue weighted by molar-refractivity contribution is 5.95. The molecule has 0 N–H and O–H groups in total. The third-order valence-corrected chi connectivity index (χ3v) is 2.64. The Morgan fingerprint density at radius 1 is 1.50 bits per heavy atom. The van der Waals surface area contributed by atoms with E-state index < -0.39 is 5.54 Å². The number of amides is 2. The Balaban J connectivity index is 2.95. The average Bonchev–Trinajstić information content (AvgIpc) is 2.13. The van der Waals surface area contributed by atoms with Gasteiger partial charge in [-0.25, -0.2) is 0 Å². The molecule has 0 bridgehead atoms. The van der Waals surface area contributed by atoms with Crippen molar-refractivity contribution in [1.29, 1.82) is 0 Å². The molecule has 0 atom stereocenters. The Labute approximate surface area is 84.2 Å². The van der Waals surface area contributed by atoms with Crippen molar-refractivity contribution in [3.05, 3.63) is 12.7 Å². The number of hydrogen-bond acceptors (Lipinski definition) is 2. The van der Waals surface area contributed by atoms with Crippen LogP contribution in [0.5, 0.6) is 0 Å².